The molecule has 0 spiro atoms. The van der Waals surface area contributed by atoms with Crippen LogP contribution in [-0.2, 0) is 14.3 Å². The van der Waals surface area contributed by atoms with Gasteiger partial charge < -0.3 is 14.5 Å². The van der Waals surface area contributed by atoms with Crippen LogP contribution < -0.4 is 0 Å². The van der Waals surface area contributed by atoms with E-state index in [4.69, 9.17) is 4.74 Å². The van der Waals surface area contributed by atoms with Crippen molar-refractivity contribution in [3.8, 4) is 0 Å². The molecular weight excluding hydrogens is 220 g/mol. The first-order chi connectivity index (χ1) is 8.04. The number of amides is 1. The molecule has 0 aromatic rings. The van der Waals surface area contributed by atoms with E-state index in [0.717, 1.165) is 19.4 Å². The van der Waals surface area contributed by atoms with E-state index >= 15 is 0 Å². The third kappa shape index (κ3) is 4.34. The standard InChI is InChI=1S/C12H22N2O3/c1-4-17-12(16)10-6-5-7-14(8-10)11(15)9-13(2)3/h10H,4-9H2,1-3H3/t10-/m1/s1. The molecular formula is C12H22N2O3. The van der Waals surface area contributed by atoms with Crippen molar-refractivity contribution in [2.75, 3.05) is 40.3 Å². The minimum absolute atomic E-state index is 0.0870. The number of piperidine rings is 1. The number of likely N-dealkylation sites (N-methyl/N-ethyl adjacent to an activating group) is 1. The van der Waals surface area contributed by atoms with Crippen molar-refractivity contribution in [1.29, 1.82) is 0 Å². The molecule has 0 unspecified atom stereocenters. The van der Waals surface area contributed by atoms with Crippen LogP contribution >= 0.6 is 0 Å². The first-order valence-corrected chi connectivity index (χ1v) is 6.13. The normalized spacial score (nSPS) is 20.5. The van der Waals surface area contributed by atoms with Gasteiger partial charge in [0.1, 0.15) is 0 Å². The first kappa shape index (κ1) is 14.0. The third-order valence-electron chi connectivity index (χ3n) is 2.85. The quantitative estimate of drug-likeness (QED) is 0.667. The lowest BCUT2D eigenvalue weighted by atomic mass is 9.98. The summed E-state index contributed by atoms with van der Waals surface area (Å²) < 4.78 is 5.00. The van der Waals surface area contributed by atoms with Crippen molar-refractivity contribution in [2.24, 2.45) is 5.92 Å². The van der Waals surface area contributed by atoms with Crippen LogP contribution in [0.2, 0.25) is 0 Å². The van der Waals surface area contributed by atoms with Gasteiger partial charge in [0, 0.05) is 13.1 Å². The molecule has 0 radical (unpaired) electrons. The largest absolute Gasteiger partial charge is 0.466 e. The van der Waals surface area contributed by atoms with Gasteiger partial charge >= 0.3 is 5.97 Å². The van der Waals surface area contributed by atoms with Gasteiger partial charge in [0.2, 0.25) is 5.91 Å². The smallest absolute Gasteiger partial charge is 0.310 e. The van der Waals surface area contributed by atoms with E-state index in [1.807, 2.05) is 19.0 Å². The monoisotopic (exact) mass is 242 g/mol. The number of ether oxygens (including phenoxy) is 1. The van der Waals surface area contributed by atoms with Gasteiger partial charge in [-0.1, -0.05) is 0 Å². The highest BCUT2D eigenvalue weighted by atomic mass is 16.5. The molecule has 0 bridgehead atoms. The Hall–Kier alpha value is -1.10. The Bertz CT molecular complexity index is 279. The van der Waals surface area contributed by atoms with E-state index in [2.05, 4.69) is 0 Å². The number of likely N-dealkylation sites (tertiary alicyclic amines) is 1. The molecule has 0 aliphatic carbocycles. The average Bonchev–Trinajstić information content (AvgIpc) is 2.28. The molecule has 1 aliphatic heterocycles. The summed E-state index contributed by atoms with van der Waals surface area (Å²) in [5, 5.41) is 0. The summed E-state index contributed by atoms with van der Waals surface area (Å²) in [5.74, 6) is -0.228. The van der Waals surface area contributed by atoms with E-state index in [1.165, 1.54) is 0 Å². The van der Waals surface area contributed by atoms with Gasteiger partial charge in [-0.25, -0.2) is 0 Å². The summed E-state index contributed by atoms with van der Waals surface area (Å²) in [5.41, 5.74) is 0. The van der Waals surface area contributed by atoms with Crippen LogP contribution in [0.3, 0.4) is 0 Å². The maximum Gasteiger partial charge on any atom is 0.310 e. The van der Waals surface area contributed by atoms with Gasteiger partial charge in [0.05, 0.1) is 19.1 Å². The van der Waals surface area contributed by atoms with Crippen LogP contribution in [0, 0.1) is 5.92 Å². The highest BCUT2D eigenvalue weighted by molar-refractivity contribution is 5.80. The van der Waals surface area contributed by atoms with Crippen LogP contribution in [0.5, 0.6) is 0 Å². The molecule has 1 amide bonds. The van der Waals surface area contributed by atoms with Gasteiger partial charge in [-0.05, 0) is 33.9 Å². The predicted molar refractivity (Wildman–Crippen MR) is 64.5 cm³/mol. The Morgan fingerprint density at radius 2 is 2.12 bits per heavy atom. The SMILES string of the molecule is CCOC(=O)[C@@H]1CCCN(C(=O)CN(C)C)C1. The second kappa shape index (κ2) is 6.59. The molecule has 0 saturated carbocycles. The molecule has 0 aromatic carbocycles. The molecule has 1 heterocycles. The van der Waals surface area contributed by atoms with Crippen molar-refractivity contribution in [1.82, 2.24) is 9.80 Å². The molecule has 0 N–H and O–H groups in total. The number of rotatable bonds is 4. The van der Waals surface area contributed by atoms with Crippen LogP contribution in [0.1, 0.15) is 19.8 Å². The maximum absolute atomic E-state index is 11.9. The molecule has 0 aromatic heterocycles. The second-order valence-corrected chi connectivity index (χ2v) is 4.67. The zero-order chi connectivity index (χ0) is 12.8. The average molecular weight is 242 g/mol. The van der Waals surface area contributed by atoms with Crippen molar-refractivity contribution < 1.29 is 14.3 Å². The fourth-order valence-corrected chi connectivity index (χ4v) is 2.03. The fraction of sp³-hybridized carbons (Fsp3) is 0.833. The maximum atomic E-state index is 11.9. The van der Waals surface area contributed by atoms with E-state index < -0.39 is 0 Å². The Kier molecular flexibility index (Phi) is 5.41. The topological polar surface area (TPSA) is 49.9 Å². The highest BCUT2D eigenvalue weighted by Crippen LogP contribution is 2.18. The molecule has 17 heavy (non-hydrogen) atoms. The van der Waals surface area contributed by atoms with Crippen molar-refractivity contribution >= 4 is 11.9 Å². The Morgan fingerprint density at radius 1 is 1.41 bits per heavy atom. The number of hydrogen-bond donors (Lipinski definition) is 0. The molecule has 1 fully saturated rings. The van der Waals surface area contributed by atoms with Crippen molar-refractivity contribution in [2.45, 2.75) is 19.8 Å². The number of carbonyl (C=O) groups is 2. The summed E-state index contributed by atoms with van der Waals surface area (Å²) in [6, 6.07) is 0. The Morgan fingerprint density at radius 3 is 2.71 bits per heavy atom. The second-order valence-electron chi connectivity index (χ2n) is 4.67. The zero-order valence-corrected chi connectivity index (χ0v) is 10.9. The van der Waals surface area contributed by atoms with E-state index in [-0.39, 0.29) is 17.8 Å². The van der Waals surface area contributed by atoms with Crippen LogP contribution in [0.15, 0.2) is 0 Å². The number of hydrogen-bond acceptors (Lipinski definition) is 4. The summed E-state index contributed by atoms with van der Waals surface area (Å²) in [6.45, 7) is 3.86. The van der Waals surface area contributed by atoms with Gasteiger partial charge in [-0.15, -0.1) is 0 Å². The van der Waals surface area contributed by atoms with Crippen molar-refractivity contribution in [3.05, 3.63) is 0 Å². The minimum atomic E-state index is -0.171. The van der Waals surface area contributed by atoms with Crippen LogP contribution in [0.4, 0.5) is 0 Å². The molecule has 5 nitrogen and oxygen atoms in total. The molecule has 1 rings (SSSR count). The fourth-order valence-electron chi connectivity index (χ4n) is 2.03. The van der Waals surface area contributed by atoms with Crippen molar-refractivity contribution in [3.63, 3.8) is 0 Å². The minimum Gasteiger partial charge on any atom is -0.466 e. The summed E-state index contributed by atoms with van der Waals surface area (Å²) in [6.07, 6.45) is 1.70. The highest BCUT2D eigenvalue weighted by Gasteiger charge is 2.29. The number of nitrogens with zero attached hydrogens (tertiary/aromatic N) is 2. The molecule has 98 valence electrons. The Labute approximate surface area is 103 Å². The van der Waals surface area contributed by atoms with E-state index in [0.29, 0.717) is 19.7 Å². The van der Waals surface area contributed by atoms with Gasteiger partial charge in [0.25, 0.3) is 0 Å². The molecule has 5 heteroatoms. The molecule has 1 aliphatic rings. The summed E-state index contributed by atoms with van der Waals surface area (Å²) in [7, 11) is 3.73. The summed E-state index contributed by atoms with van der Waals surface area (Å²) >= 11 is 0. The van der Waals surface area contributed by atoms with Gasteiger partial charge in [-0.3, -0.25) is 9.59 Å². The first-order valence-electron chi connectivity index (χ1n) is 6.13. The lowest BCUT2D eigenvalue weighted by Gasteiger charge is -2.32. The number of esters is 1. The van der Waals surface area contributed by atoms with E-state index in [9.17, 15) is 9.59 Å². The molecule has 1 atom stereocenters. The lowest BCUT2D eigenvalue weighted by Crippen LogP contribution is -2.45. The van der Waals surface area contributed by atoms with E-state index in [1.54, 1.807) is 11.8 Å². The molecule has 1 saturated heterocycles. The van der Waals surface area contributed by atoms with Gasteiger partial charge in [0.15, 0.2) is 0 Å². The third-order valence-corrected chi connectivity index (χ3v) is 2.85. The van der Waals surface area contributed by atoms with Gasteiger partial charge in [-0.2, -0.15) is 0 Å². The summed E-state index contributed by atoms with van der Waals surface area (Å²) in [4.78, 5) is 27.1. The van der Waals surface area contributed by atoms with Crippen LogP contribution in [-0.4, -0.2) is 62.0 Å². The van der Waals surface area contributed by atoms with Crippen LogP contribution in [0.25, 0.3) is 0 Å². The number of carbonyl (C=O) groups excluding carboxylic acids is 2. The Balaban J connectivity index is 2.48. The zero-order valence-electron chi connectivity index (χ0n) is 10.9. The lowest BCUT2D eigenvalue weighted by molar-refractivity contribution is -0.151. The predicted octanol–water partition coefficient (Wildman–Crippen LogP) is 0.350.